The summed E-state index contributed by atoms with van der Waals surface area (Å²) in [5, 5.41) is 3.42. The third kappa shape index (κ3) is 4.23. The van der Waals surface area contributed by atoms with Crippen LogP contribution in [0, 0.1) is 0 Å². The second-order valence-electron chi connectivity index (χ2n) is 5.15. The standard InChI is InChI=1S/C14H29NO2/c1-5-14(3,17-6-2)13(15-4)10-9-12-8-7-11-16-12/h12-13,15H,5-11H2,1-4H3. The Bertz CT molecular complexity index is 204. The molecule has 0 aromatic rings. The Morgan fingerprint density at radius 3 is 2.71 bits per heavy atom. The Morgan fingerprint density at radius 2 is 2.24 bits per heavy atom. The Balaban J connectivity index is 2.44. The van der Waals surface area contributed by atoms with E-state index in [0.717, 1.165) is 32.5 Å². The Labute approximate surface area is 106 Å². The first-order valence-corrected chi connectivity index (χ1v) is 7.09. The predicted octanol–water partition coefficient (Wildman–Crippen LogP) is 2.74. The molecule has 0 amide bonds. The highest BCUT2D eigenvalue weighted by atomic mass is 16.5. The topological polar surface area (TPSA) is 30.5 Å². The van der Waals surface area contributed by atoms with Crippen molar-refractivity contribution in [3.8, 4) is 0 Å². The molecular weight excluding hydrogens is 214 g/mol. The SMILES string of the molecule is CCOC(C)(CC)C(CCC1CCCO1)NC. The summed E-state index contributed by atoms with van der Waals surface area (Å²) >= 11 is 0. The molecule has 3 heteroatoms. The first kappa shape index (κ1) is 14.9. The molecule has 1 aliphatic rings. The van der Waals surface area contributed by atoms with Crippen LogP contribution < -0.4 is 5.32 Å². The van der Waals surface area contributed by atoms with Crippen molar-refractivity contribution in [2.45, 2.75) is 70.6 Å². The summed E-state index contributed by atoms with van der Waals surface area (Å²) in [7, 11) is 2.03. The number of hydrogen-bond donors (Lipinski definition) is 1. The monoisotopic (exact) mass is 243 g/mol. The maximum Gasteiger partial charge on any atom is 0.0803 e. The summed E-state index contributed by atoms with van der Waals surface area (Å²) in [6.45, 7) is 8.22. The van der Waals surface area contributed by atoms with Gasteiger partial charge in [-0.05, 0) is 53.0 Å². The molecule has 17 heavy (non-hydrogen) atoms. The summed E-state index contributed by atoms with van der Waals surface area (Å²) in [4.78, 5) is 0. The number of likely N-dealkylation sites (N-methyl/N-ethyl adjacent to an activating group) is 1. The molecule has 0 radical (unpaired) electrons. The van der Waals surface area contributed by atoms with Gasteiger partial charge in [-0.3, -0.25) is 0 Å². The van der Waals surface area contributed by atoms with E-state index in [-0.39, 0.29) is 5.60 Å². The van der Waals surface area contributed by atoms with Gasteiger partial charge in [0.2, 0.25) is 0 Å². The van der Waals surface area contributed by atoms with E-state index in [4.69, 9.17) is 9.47 Å². The second-order valence-corrected chi connectivity index (χ2v) is 5.15. The van der Waals surface area contributed by atoms with E-state index >= 15 is 0 Å². The molecule has 1 fully saturated rings. The fourth-order valence-electron chi connectivity index (χ4n) is 2.76. The minimum atomic E-state index is -0.0535. The zero-order valence-electron chi connectivity index (χ0n) is 11.9. The molecule has 1 heterocycles. The average Bonchev–Trinajstić information content (AvgIpc) is 2.83. The van der Waals surface area contributed by atoms with Gasteiger partial charge in [-0.2, -0.15) is 0 Å². The van der Waals surface area contributed by atoms with Crippen LogP contribution in [0.15, 0.2) is 0 Å². The summed E-state index contributed by atoms with van der Waals surface area (Å²) in [5.41, 5.74) is -0.0535. The van der Waals surface area contributed by atoms with Crippen LogP contribution in [0.25, 0.3) is 0 Å². The summed E-state index contributed by atoms with van der Waals surface area (Å²) in [6.07, 6.45) is 6.25. The molecule has 3 nitrogen and oxygen atoms in total. The van der Waals surface area contributed by atoms with E-state index in [0.29, 0.717) is 12.1 Å². The molecule has 1 rings (SSSR count). The van der Waals surface area contributed by atoms with Crippen LogP contribution in [-0.4, -0.2) is 38.0 Å². The van der Waals surface area contributed by atoms with Crippen LogP contribution >= 0.6 is 0 Å². The Kier molecular flexibility index (Phi) is 6.45. The second kappa shape index (κ2) is 7.34. The van der Waals surface area contributed by atoms with Crippen molar-refractivity contribution in [2.24, 2.45) is 0 Å². The molecule has 0 aromatic heterocycles. The predicted molar refractivity (Wildman–Crippen MR) is 71.4 cm³/mol. The van der Waals surface area contributed by atoms with Crippen LogP contribution in [-0.2, 0) is 9.47 Å². The maximum absolute atomic E-state index is 5.94. The lowest BCUT2D eigenvalue weighted by molar-refractivity contribution is -0.0579. The van der Waals surface area contributed by atoms with Crippen molar-refractivity contribution >= 4 is 0 Å². The van der Waals surface area contributed by atoms with E-state index in [1.165, 1.54) is 12.8 Å². The van der Waals surface area contributed by atoms with Gasteiger partial charge in [0.05, 0.1) is 11.7 Å². The lowest BCUT2D eigenvalue weighted by atomic mass is 9.88. The molecule has 0 aromatic carbocycles. The molecule has 0 spiro atoms. The Hall–Kier alpha value is -0.120. The van der Waals surface area contributed by atoms with E-state index in [1.807, 2.05) is 7.05 Å². The van der Waals surface area contributed by atoms with Crippen LogP contribution in [0.1, 0.15) is 52.9 Å². The van der Waals surface area contributed by atoms with Gasteiger partial charge in [-0.25, -0.2) is 0 Å². The fourth-order valence-corrected chi connectivity index (χ4v) is 2.76. The van der Waals surface area contributed by atoms with Gasteiger partial charge in [0.1, 0.15) is 0 Å². The average molecular weight is 243 g/mol. The molecule has 1 N–H and O–H groups in total. The van der Waals surface area contributed by atoms with Gasteiger partial charge in [0.25, 0.3) is 0 Å². The maximum atomic E-state index is 5.94. The quantitative estimate of drug-likeness (QED) is 0.711. The fraction of sp³-hybridized carbons (Fsp3) is 1.00. The zero-order chi connectivity index (χ0) is 12.7. The van der Waals surface area contributed by atoms with Gasteiger partial charge < -0.3 is 14.8 Å². The van der Waals surface area contributed by atoms with Crippen molar-refractivity contribution in [1.82, 2.24) is 5.32 Å². The summed E-state index contributed by atoms with van der Waals surface area (Å²) in [6, 6.07) is 0.414. The van der Waals surface area contributed by atoms with Gasteiger partial charge in [-0.1, -0.05) is 6.92 Å². The van der Waals surface area contributed by atoms with E-state index < -0.39 is 0 Å². The van der Waals surface area contributed by atoms with Crippen LogP contribution in [0.2, 0.25) is 0 Å². The van der Waals surface area contributed by atoms with Crippen LogP contribution in [0.5, 0.6) is 0 Å². The third-order valence-corrected chi connectivity index (χ3v) is 4.06. The largest absolute Gasteiger partial charge is 0.378 e. The number of hydrogen-bond acceptors (Lipinski definition) is 3. The molecular formula is C14H29NO2. The number of rotatable bonds is 8. The molecule has 3 atom stereocenters. The highest BCUT2D eigenvalue weighted by Gasteiger charge is 2.32. The smallest absolute Gasteiger partial charge is 0.0803 e. The summed E-state index contributed by atoms with van der Waals surface area (Å²) in [5.74, 6) is 0. The molecule has 1 saturated heterocycles. The lowest BCUT2D eigenvalue weighted by Crippen LogP contribution is -2.49. The highest BCUT2D eigenvalue weighted by Crippen LogP contribution is 2.26. The Morgan fingerprint density at radius 1 is 1.47 bits per heavy atom. The molecule has 102 valence electrons. The van der Waals surface area contributed by atoms with E-state index in [2.05, 4.69) is 26.1 Å². The van der Waals surface area contributed by atoms with E-state index in [9.17, 15) is 0 Å². The minimum Gasteiger partial charge on any atom is -0.378 e. The first-order valence-electron chi connectivity index (χ1n) is 7.09. The van der Waals surface area contributed by atoms with Gasteiger partial charge >= 0.3 is 0 Å². The molecule has 0 saturated carbocycles. The van der Waals surface area contributed by atoms with E-state index in [1.54, 1.807) is 0 Å². The lowest BCUT2D eigenvalue weighted by Gasteiger charge is -2.37. The van der Waals surface area contributed by atoms with Crippen molar-refractivity contribution in [1.29, 1.82) is 0 Å². The number of ether oxygens (including phenoxy) is 2. The minimum absolute atomic E-state index is 0.0535. The van der Waals surface area contributed by atoms with Gasteiger partial charge in [-0.15, -0.1) is 0 Å². The molecule has 0 aliphatic carbocycles. The van der Waals surface area contributed by atoms with Crippen molar-refractivity contribution < 1.29 is 9.47 Å². The van der Waals surface area contributed by atoms with Gasteiger partial charge in [0, 0.05) is 19.3 Å². The zero-order valence-corrected chi connectivity index (χ0v) is 11.9. The van der Waals surface area contributed by atoms with Crippen molar-refractivity contribution in [3.05, 3.63) is 0 Å². The summed E-state index contributed by atoms with van der Waals surface area (Å²) < 4.78 is 11.6. The first-order chi connectivity index (χ1) is 8.16. The van der Waals surface area contributed by atoms with Crippen molar-refractivity contribution in [3.63, 3.8) is 0 Å². The van der Waals surface area contributed by atoms with Crippen LogP contribution in [0.4, 0.5) is 0 Å². The van der Waals surface area contributed by atoms with Crippen molar-refractivity contribution in [2.75, 3.05) is 20.3 Å². The molecule has 0 bridgehead atoms. The highest BCUT2D eigenvalue weighted by molar-refractivity contribution is 4.88. The third-order valence-electron chi connectivity index (χ3n) is 4.06. The molecule has 3 unspecified atom stereocenters. The molecule has 1 aliphatic heterocycles. The van der Waals surface area contributed by atoms with Crippen LogP contribution in [0.3, 0.4) is 0 Å². The number of nitrogens with one attached hydrogen (secondary N) is 1. The van der Waals surface area contributed by atoms with Gasteiger partial charge in [0.15, 0.2) is 0 Å². The normalized spacial score (nSPS) is 25.8.